The highest BCUT2D eigenvalue weighted by Gasteiger charge is 2.33. The summed E-state index contributed by atoms with van der Waals surface area (Å²) in [5.41, 5.74) is 0.937. The van der Waals surface area contributed by atoms with E-state index in [2.05, 4.69) is 16.8 Å². The van der Waals surface area contributed by atoms with E-state index in [0.29, 0.717) is 48.5 Å². The highest BCUT2D eigenvalue weighted by molar-refractivity contribution is 7.99. The molecule has 1 saturated heterocycles. The average Bonchev–Trinajstić information content (AvgIpc) is 3.37. The molecule has 33 heavy (non-hydrogen) atoms. The largest absolute Gasteiger partial charge is 0.493 e. The van der Waals surface area contributed by atoms with Crippen LogP contribution in [-0.4, -0.2) is 72.0 Å². The van der Waals surface area contributed by atoms with Gasteiger partial charge in [-0.25, -0.2) is 8.42 Å². The van der Waals surface area contributed by atoms with Gasteiger partial charge in [-0.3, -0.25) is 4.79 Å². The van der Waals surface area contributed by atoms with Crippen molar-refractivity contribution in [2.75, 3.05) is 38.0 Å². The molecule has 1 atom stereocenters. The molecule has 0 radical (unpaired) electrons. The third-order valence-corrected chi connectivity index (χ3v) is 8.25. The first-order chi connectivity index (χ1) is 15.8. The van der Waals surface area contributed by atoms with Crippen LogP contribution in [-0.2, 0) is 27.7 Å². The molecule has 1 unspecified atom stereocenters. The molecule has 1 fully saturated rings. The van der Waals surface area contributed by atoms with Gasteiger partial charge in [-0.1, -0.05) is 23.9 Å². The topological polar surface area (TPSA) is 104 Å². The van der Waals surface area contributed by atoms with Gasteiger partial charge in [0.15, 0.2) is 26.5 Å². The predicted molar refractivity (Wildman–Crippen MR) is 128 cm³/mol. The molecule has 1 amide bonds. The predicted octanol–water partition coefficient (Wildman–Crippen LogP) is 2.52. The molecular weight excluding hydrogens is 464 g/mol. The molecule has 1 aromatic carbocycles. The summed E-state index contributed by atoms with van der Waals surface area (Å²) in [6.07, 6.45) is 2.26. The number of benzene rings is 1. The lowest BCUT2D eigenvalue weighted by atomic mass is 10.1. The van der Waals surface area contributed by atoms with Crippen molar-refractivity contribution in [3.05, 3.63) is 42.2 Å². The summed E-state index contributed by atoms with van der Waals surface area (Å²) in [5.74, 6) is 2.13. The molecule has 0 saturated carbocycles. The lowest BCUT2D eigenvalue weighted by molar-refractivity contribution is -0.128. The number of nitrogens with zero attached hydrogens (tertiary/aromatic N) is 4. The van der Waals surface area contributed by atoms with Crippen LogP contribution >= 0.6 is 11.8 Å². The first kappa shape index (κ1) is 25.1. The van der Waals surface area contributed by atoms with E-state index in [0.717, 1.165) is 5.56 Å². The van der Waals surface area contributed by atoms with Gasteiger partial charge in [0, 0.05) is 25.6 Å². The van der Waals surface area contributed by atoms with E-state index >= 15 is 0 Å². The highest BCUT2D eigenvalue weighted by Crippen LogP contribution is 2.31. The van der Waals surface area contributed by atoms with E-state index in [9.17, 15) is 13.2 Å². The summed E-state index contributed by atoms with van der Waals surface area (Å²) < 4.78 is 36.3. The number of ether oxygens (including phenoxy) is 2. The third kappa shape index (κ3) is 6.08. The maximum atomic E-state index is 12.9. The maximum absolute atomic E-state index is 12.9. The van der Waals surface area contributed by atoms with Crippen molar-refractivity contribution in [3.63, 3.8) is 0 Å². The van der Waals surface area contributed by atoms with Crippen molar-refractivity contribution < 1.29 is 22.7 Å². The lowest BCUT2D eigenvalue weighted by Crippen LogP contribution is -2.31. The molecule has 2 heterocycles. The molecule has 9 nitrogen and oxygen atoms in total. The SMILES string of the molecule is C=CCn1c(SCC(=O)N(CC)Cc2ccc(OC)c(OC)c2)nnc1C1CCS(=O)(=O)C1. The number of hydrogen-bond acceptors (Lipinski definition) is 8. The van der Waals surface area contributed by atoms with Crippen molar-refractivity contribution in [1.82, 2.24) is 19.7 Å². The van der Waals surface area contributed by atoms with E-state index in [1.54, 1.807) is 25.2 Å². The molecule has 2 aromatic rings. The molecule has 0 bridgehead atoms. The van der Waals surface area contributed by atoms with Gasteiger partial charge in [-0.15, -0.1) is 16.8 Å². The maximum Gasteiger partial charge on any atom is 0.233 e. The Labute approximate surface area is 199 Å². The van der Waals surface area contributed by atoms with Crippen LogP contribution in [0.25, 0.3) is 0 Å². The van der Waals surface area contributed by atoms with Crippen LogP contribution in [0.2, 0.25) is 0 Å². The van der Waals surface area contributed by atoms with Crippen LogP contribution in [0.5, 0.6) is 11.5 Å². The molecule has 11 heteroatoms. The zero-order chi connectivity index (χ0) is 24.0. The number of carbonyl (C=O) groups is 1. The molecule has 180 valence electrons. The van der Waals surface area contributed by atoms with Gasteiger partial charge in [0.1, 0.15) is 5.82 Å². The van der Waals surface area contributed by atoms with Crippen molar-refractivity contribution in [1.29, 1.82) is 0 Å². The number of sulfone groups is 1. The van der Waals surface area contributed by atoms with E-state index in [-0.39, 0.29) is 29.1 Å². The number of aromatic nitrogens is 3. The Balaban J connectivity index is 1.68. The number of rotatable bonds is 11. The van der Waals surface area contributed by atoms with Gasteiger partial charge in [0.25, 0.3) is 0 Å². The van der Waals surface area contributed by atoms with E-state index in [4.69, 9.17) is 9.47 Å². The number of methoxy groups -OCH3 is 2. The minimum Gasteiger partial charge on any atom is -0.493 e. The molecule has 0 spiro atoms. The third-order valence-electron chi connectivity index (χ3n) is 5.54. The minimum absolute atomic E-state index is 0.0320. The van der Waals surface area contributed by atoms with Crippen LogP contribution in [0.4, 0.5) is 0 Å². The van der Waals surface area contributed by atoms with Crippen molar-refractivity contribution in [2.24, 2.45) is 0 Å². The highest BCUT2D eigenvalue weighted by atomic mass is 32.2. The minimum atomic E-state index is -3.04. The molecule has 1 aromatic heterocycles. The molecule has 3 rings (SSSR count). The normalized spacial score (nSPS) is 17.0. The Bertz CT molecular complexity index is 1100. The smallest absolute Gasteiger partial charge is 0.233 e. The monoisotopic (exact) mass is 494 g/mol. The van der Waals surface area contributed by atoms with Crippen LogP contribution in [0.1, 0.15) is 30.7 Å². The van der Waals surface area contributed by atoms with Crippen LogP contribution in [0, 0.1) is 0 Å². The van der Waals surface area contributed by atoms with Crippen LogP contribution < -0.4 is 9.47 Å². The fourth-order valence-corrected chi connectivity index (χ4v) is 6.40. The summed E-state index contributed by atoms with van der Waals surface area (Å²) in [4.78, 5) is 14.7. The standard InChI is InChI=1S/C22H30N4O5S2/c1-5-10-26-21(17-9-11-33(28,29)15-17)23-24-22(26)32-14-20(27)25(6-2)13-16-7-8-18(30-3)19(12-16)31-4/h5,7-8,12,17H,1,6,9-11,13-15H2,2-4H3. The van der Waals surface area contributed by atoms with Crippen LogP contribution in [0.15, 0.2) is 36.0 Å². The Kier molecular flexibility index (Phi) is 8.41. The quantitative estimate of drug-likeness (QED) is 0.347. The second kappa shape index (κ2) is 11.1. The molecule has 0 N–H and O–H groups in total. The van der Waals surface area contributed by atoms with E-state index < -0.39 is 9.84 Å². The number of amides is 1. The second-order valence-corrected chi connectivity index (χ2v) is 10.9. The first-order valence-corrected chi connectivity index (χ1v) is 13.5. The van der Waals surface area contributed by atoms with Gasteiger partial charge in [-0.2, -0.15) is 0 Å². The molecule has 0 aliphatic carbocycles. The van der Waals surface area contributed by atoms with Crippen LogP contribution in [0.3, 0.4) is 0 Å². The van der Waals surface area contributed by atoms with Crippen molar-refractivity contribution in [2.45, 2.75) is 37.5 Å². The number of thioether (sulfide) groups is 1. The number of carbonyl (C=O) groups excluding carboxylic acids is 1. The fourth-order valence-electron chi connectivity index (χ4n) is 3.80. The lowest BCUT2D eigenvalue weighted by Gasteiger charge is -2.21. The molecular formula is C22H30N4O5S2. The van der Waals surface area contributed by atoms with Gasteiger partial charge in [0.2, 0.25) is 5.91 Å². The fraction of sp³-hybridized carbons (Fsp3) is 0.500. The van der Waals surface area contributed by atoms with E-state index in [1.807, 2.05) is 29.7 Å². The Morgan fingerprint density at radius 2 is 2.06 bits per heavy atom. The van der Waals surface area contributed by atoms with Gasteiger partial charge in [-0.05, 0) is 31.0 Å². The Morgan fingerprint density at radius 3 is 2.67 bits per heavy atom. The first-order valence-electron chi connectivity index (χ1n) is 10.7. The van der Waals surface area contributed by atoms with E-state index in [1.165, 1.54) is 11.8 Å². The summed E-state index contributed by atoms with van der Waals surface area (Å²) >= 11 is 1.30. The van der Waals surface area contributed by atoms with Crippen molar-refractivity contribution >= 4 is 27.5 Å². The summed E-state index contributed by atoms with van der Waals surface area (Å²) in [6, 6.07) is 5.60. The average molecular weight is 495 g/mol. The Hall–Kier alpha value is -2.53. The summed E-state index contributed by atoms with van der Waals surface area (Å²) in [6.45, 7) is 7.17. The number of allylic oxidation sites excluding steroid dienone is 1. The Morgan fingerprint density at radius 1 is 1.30 bits per heavy atom. The van der Waals surface area contributed by atoms with Crippen molar-refractivity contribution in [3.8, 4) is 11.5 Å². The van der Waals surface area contributed by atoms with Gasteiger partial charge in [0.05, 0.1) is 31.5 Å². The zero-order valence-corrected chi connectivity index (χ0v) is 20.8. The zero-order valence-electron chi connectivity index (χ0n) is 19.2. The number of hydrogen-bond donors (Lipinski definition) is 0. The molecule has 1 aliphatic heterocycles. The van der Waals surface area contributed by atoms with Gasteiger partial charge >= 0.3 is 0 Å². The second-order valence-electron chi connectivity index (χ2n) is 7.73. The summed E-state index contributed by atoms with van der Waals surface area (Å²) in [5, 5.41) is 9.09. The summed E-state index contributed by atoms with van der Waals surface area (Å²) in [7, 11) is 0.124. The van der Waals surface area contributed by atoms with Gasteiger partial charge < -0.3 is 18.9 Å². The molecule has 1 aliphatic rings.